The Morgan fingerprint density at radius 1 is 0.742 bits per heavy atom. The SMILES string of the molecule is C[C@@H](NC(=O)c1cc(C(=O)N[C@H](C)c2ccccc2)cc([N+](=O)[O-])c1)c1ccccc1. The molecule has 31 heavy (non-hydrogen) atoms. The molecule has 0 aromatic heterocycles. The highest BCUT2D eigenvalue weighted by Crippen LogP contribution is 2.20. The van der Waals surface area contributed by atoms with E-state index in [1.165, 1.54) is 18.2 Å². The molecule has 0 radical (unpaired) electrons. The lowest BCUT2D eigenvalue weighted by Crippen LogP contribution is -2.29. The standard InChI is InChI=1S/C24H23N3O4/c1-16(18-9-5-3-6-10-18)25-23(28)20-13-21(15-22(14-20)27(30)31)24(29)26-17(2)19-11-7-4-8-12-19/h3-17H,1-2H3,(H,25,28)(H,26,29)/t16-,17-/m1/s1. The summed E-state index contributed by atoms with van der Waals surface area (Å²) >= 11 is 0. The Morgan fingerprint density at radius 3 is 1.48 bits per heavy atom. The molecule has 0 saturated heterocycles. The third-order valence-electron chi connectivity index (χ3n) is 4.95. The quantitative estimate of drug-likeness (QED) is 0.434. The molecule has 0 bridgehead atoms. The zero-order chi connectivity index (χ0) is 22.4. The number of hydrogen-bond acceptors (Lipinski definition) is 4. The van der Waals surface area contributed by atoms with Crippen molar-refractivity contribution in [3.8, 4) is 0 Å². The number of hydrogen-bond donors (Lipinski definition) is 2. The molecular formula is C24H23N3O4. The number of nitro groups is 1. The van der Waals surface area contributed by atoms with Gasteiger partial charge in [0.15, 0.2) is 0 Å². The number of carbonyl (C=O) groups excluding carboxylic acids is 2. The van der Waals surface area contributed by atoms with Crippen LogP contribution in [0.4, 0.5) is 5.69 Å². The van der Waals surface area contributed by atoms with Gasteiger partial charge in [0.05, 0.1) is 17.0 Å². The van der Waals surface area contributed by atoms with Crippen LogP contribution in [0.1, 0.15) is 57.8 Å². The first kappa shape index (κ1) is 21.7. The predicted octanol–water partition coefficient (Wildman–Crippen LogP) is 4.58. The zero-order valence-corrected chi connectivity index (χ0v) is 17.2. The third-order valence-corrected chi connectivity index (χ3v) is 4.95. The summed E-state index contributed by atoms with van der Waals surface area (Å²) in [5.41, 5.74) is 1.58. The van der Waals surface area contributed by atoms with Gasteiger partial charge in [-0.15, -0.1) is 0 Å². The molecule has 158 valence electrons. The number of benzene rings is 3. The van der Waals surface area contributed by atoms with Gasteiger partial charge in [-0.25, -0.2) is 0 Å². The Bertz CT molecular complexity index is 1010. The second-order valence-electron chi connectivity index (χ2n) is 7.24. The fourth-order valence-electron chi connectivity index (χ4n) is 3.19. The van der Waals surface area contributed by atoms with Crippen molar-refractivity contribution in [2.24, 2.45) is 0 Å². The fraction of sp³-hybridized carbons (Fsp3) is 0.167. The van der Waals surface area contributed by atoms with Gasteiger partial charge in [0.1, 0.15) is 0 Å². The highest BCUT2D eigenvalue weighted by Gasteiger charge is 2.20. The van der Waals surface area contributed by atoms with Gasteiger partial charge in [-0.1, -0.05) is 60.7 Å². The predicted molar refractivity (Wildman–Crippen MR) is 118 cm³/mol. The molecule has 0 unspecified atom stereocenters. The van der Waals surface area contributed by atoms with Crippen LogP contribution in [0.25, 0.3) is 0 Å². The first-order valence-corrected chi connectivity index (χ1v) is 9.86. The largest absolute Gasteiger partial charge is 0.346 e. The molecule has 3 aromatic carbocycles. The molecule has 7 heteroatoms. The van der Waals surface area contributed by atoms with Gasteiger partial charge in [-0.05, 0) is 31.0 Å². The molecule has 3 aromatic rings. The molecule has 2 N–H and O–H groups in total. The molecule has 2 amide bonds. The van der Waals surface area contributed by atoms with Gasteiger partial charge in [0.25, 0.3) is 17.5 Å². The second kappa shape index (κ2) is 9.67. The Kier molecular flexibility index (Phi) is 6.77. The maximum absolute atomic E-state index is 12.8. The van der Waals surface area contributed by atoms with Gasteiger partial charge in [0, 0.05) is 23.3 Å². The summed E-state index contributed by atoms with van der Waals surface area (Å²) in [6.07, 6.45) is 0. The molecule has 0 aliphatic carbocycles. The molecule has 7 nitrogen and oxygen atoms in total. The Labute approximate surface area is 180 Å². The first-order chi connectivity index (χ1) is 14.8. The second-order valence-corrected chi connectivity index (χ2v) is 7.24. The molecule has 0 aliphatic rings. The lowest BCUT2D eigenvalue weighted by atomic mass is 10.0. The van der Waals surface area contributed by atoms with Crippen molar-refractivity contribution in [3.63, 3.8) is 0 Å². The zero-order valence-electron chi connectivity index (χ0n) is 17.2. The van der Waals surface area contributed by atoms with Crippen LogP contribution in [0.5, 0.6) is 0 Å². The van der Waals surface area contributed by atoms with Gasteiger partial charge in [-0.2, -0.15) is 0 Å². The summed E-state index contributed by atoms with van der Waals surface area (Å²) < 4.78 is 0. The van der Waals surface area contributed by atoms with Crippen molar-refractivity contribution in [2.45, 2.75) is 25.9 Å². The Balaban J connectivity index is 1.82. The Hall–Kier alpha value is -4.00. The van der Waals surface area contributed by atoms with Crippen LogP contribution in [0.3, 0.4) is 0 Å². The fourth-order valence-corrected chi connectivity index (χ4v) is 3.19. The van der Waals surface area contributed by atoms with Crippen LogP contribution in [-0.4, -0.2) is 16.7 Å². The van der Waals surface area contributed by atoms with Crippen molar-refractivity contribution < 1.29 is 14.5 Å². The number of amides is 2. The van der Waals surface area contributed by atoms with E-state index >= 15 is 0 Å². The number of rotatable bonds is 7. The van der Waals surface area contributed by atoms with Crippen LogP contribution in [-0.2, 0) is 0 Å². The highest BCUT2D eigenvalue weighted by atomic mass is 16.6. The van der Waals surface area contributed by atoms with E-state index in [1.54, 1.807) is 0 Å². The molecule has 0 saturated carbocycles. The number of nitrogens with zero attached hydrogens (tertiary/aromatic N) is 1. The summed E-state index contributed by atoms with van der Waals surface area (Å²) in [7, 11) is 0. The molecular weight excluding hydrogens is 394 g/mol. The van der Waals surface area contributed by atoms with Crippen LogP contribution >= 0.6 is 0 Å². The van der Waals surface area contributed by atoms with Gasteiger partial charge >= 0.3 is 0 Å². The third kappa shape index (κ3) is 5.54. The smallest absolute Gasteiger partial charge is 0.271 e. The molecule has 2 atom stereocenters. The van der Waals surface area contributed by atoms with Crippen molar-refractivity contribution in [1.29, 1.82) is 0 Å². The van der Waals surface area contributed by atoms with E-state index in [1.807, 2.05) is 74.5 Å². The topological polar surface area (TPSA) is 101 Å². The van der Waals surface area contributed by atoms with Crippen LogP contribution < -0.4 is 10.6 Å². The van der Waals surface area contributed by atoms with Crippen LogP contribution in [0.2, 0.25) is 0 Å². The number of non-ortho nitro benzene ring substituents is 1. The molecule has 0 spiro atoms. The lowest BCUT2D eigenvalue weighted by Gasteiger charge is -2.16. The monoisotopic (exact) mass is 417 g/mol. The summed E-state index contributed by atoms with van der Waals surface area (Å²) in [4.78, 5) is 36.3. The van der Waals surface area contributed by atoms with Crippen molar-refractivity contribution >= 4 is 17.5 Å². The summed E-state index contributed by atoms with van der Waals surface area (Å²) in [5, 5.41) is 17.0. The summed E-state index contributed by atoms with van der Waals surface area (Å²) in [6, 6.07) is 21.8. The average Bonchev–Trinajstić information content (AvgIpc) is 2.79. The van der Waals surface area contributed by atoms with Crippen molar-refractivity contribution in [1.82, 2.24) is 10.6 Å². The van der Waals surface area contributed by atoms with Gasteiger partial charge < -0.3 is 10.6 Å². The molecule has 3 rings (SSSR count). The summed E-state index contributed by atoms with van der Waals surface area (Å²) in [6.45, 7) is 3.64. The van der Waals surface area contributed by atoms with Crippen LogP contribution in [0, 0.1) is 10.1 Å². The first-order valence-electron chi connectivity index (χ1n) is 9.86. The van der Waals surface area contributed by atoms with Gasteiger partial charge in [-0.3, -0.25) is 19.7 Å². The maximum Gasteiger partial charge on any atom is 0.271 e. The molecule has 0 aliphatic heterocycles. The van der Waals surface area contributed by atoms with Crippen molar-refractivity contribution in [3.05, 3.63) is 111 Å². The minimum atomic E-state index is -0.616. The maximum atomic E-state index is 12.8. The number of nitrogens with one attached hydrogen (secondary N) is 2. The minimum absolute atomic E-state index is 0.0505. The van der Waals surface area contributed by atoms with Crippen molar-refractivity contribution in [2.75, 3.05) is 0 Å². The highest BCUT2D eigenvalue weighted by molar-refractivity contribution is 6.01. The minimum Gasteiger partial charge on any atom is -0.346 e. The normalized spacial score (nSPS) is 12.5. The number of carbonyl (C=O) groups is 2. The summed E-state index contributed by atoms with van der Waals surface area (Å²) in [5.74, 6) is -0.990. The lowest BCUT2D eigenvalue weighted by molar-refractivity contribution is -0.384. The van der Waals surface area contributed by atoms with E-state index in [0.29, 0.717) is 0 Å². The van der Waals surface area contributed by atoms with Gasteiger partial charge in [0.2, 0.25) is 0 Å². The van der Waals surface area contributed by atoms with E-state index in [9.17, 15) is 19.7 Å². The van der Waals surface area contributed by atoms with E-state index in [0.717, 1.165) is 11.1 Å². The number of nitro benzene ring substituents is 1. The van der Waals surface area contributed by atoms with E-state index in [-0.39, 0.29) is 28.9 Å². The van der Waals surface area contributed by atoms with E-state index in [4.69, 9.17) is 0 Å². The Morgan fingerprint density at radius 2 is 1.13 bits per heavy atom. The average molecular weight is 417 g/mol. The van der Waals surface area contributed by atoms with E-state index < -0.39 is 16.7 Å². The molecule has 0 heterocycles. The molecule has 0 fully saturated rings. The van der Waals surface area contributed by atoms with E-state index in [2.05, 4.69) is 10.6 Å². The van der Waals surface area contributed by atoms with Crippen LogP contribution in [0.15, 0.2) is 78.9 Å².